The lowest BCUT2D eigenvalue weighted by Crippen LogP contribution is -2.32. The van der Waals surface area contributed by atoms with Gasteiger partial charge in [0.2, 0.25) is 5.75 Å². The van der Waals surface area contributed by atoms with Crippen LogP contribution in [0.1, 0.15) is 45.2 Å². The van der Waals surface area contributed by atoms with E-state index in [0.717, 1.165) is 0 Å². The van der Waals surface area contributed by atoms with E-state index in [2.05, 4.69) is 0 Å². The first-order chi connectivity index (χ1) is 14.3. The highest BCUT2D eigenvalue weighted by molar-refractivity contribution is 6.08. The fraction of sp³-hybridized carbons (Fsp3) is 0.545. The van der Waals surface area contributed by atoms with Crippen LogP contribution in [0.5, 0.6) is 17.2 Å². The van der Waals surface area contributed by atoms with Crippen LogP contribution in [0.25, 0.3) is 0 Å². The van der Waals surface area contributed by atoms with Crippen molar-refractivity contribution in [1.82, 2.24) is 4.90 Å². The Balaban J connectivity index is 2.51. The van der Waals surface area contributed by atoms with Crippen LogP contribution in [-0.2, 0) is 14.3 Å². The molecule has 0 spiro atoms. The monoisotopic (exact) mass is 421 g/mol. The van der Waals surface area contributed by atoms with Crippen molar-refractivity contribution in [2.24, 2.45) is 0 Å². The second-order valence-corrected chi connectivity index (χ2v) is 7.17. The third-order valence-corrected chi connectivity index (χ3v) is 4.92. The minimum Gasteiger partial charge on any atom is -0.503 e. The van der Waals surface area contributed by atoms with Gasteiger partial charge < -0.3 is 29.0 Å². The lowest BCUT2D eigenvalue weighted by molar-refractivity contribution is -0.129. The molecule has 8 heteroatoms. The highest BCUT2D eigenvalue weighted by Gasteiger charge is 2.43. The van der Waals surface area contributed by atoms with Gasteiger partial charge in [0.25, 0.3) is 5.91 Å². The molecule has 2 rings (SSSR count). The molecular formula is C22H31NO7. The van der Waals surface area contributed by atoms with Gasteiger partial charge in [0.05, 0.1) is 39.0 Å². The first-order valence-electron chi connectivity index (χ1n) is 9.99. The van der Waals surface area contributed by atoms with E-state index in [9.17, 15) is 14.7 Å². The summed E-state index contributed by atoms with van der Waals surface area (Å²) in [6.07, 6.45) is 0.804. The number of carbonyl (C=O) groups excluding carboxylic acids is 2. The zero-order valence-electron chi connectivity index (χ0n) is 18.5. The van der Waals surface area contributed by atoms with Gasteiger partial charge >= 0.3 is 0 Å². The van der Waals surface area contributed by atoms with Gasteiger partial charge in [-0.3, -0.25) is 9.59 Å². The molecule has 0 saturated carbocycles. The molecule has 8 nitrogen and oxygen atoms in total. The second kappa shape index (κ2) is 10.3. The summed E-state index contributed by atoms with van der Waals surface area (Å²) in [5.41, 5.74) is 0.671. The minimum absolute atomic E-state index is 0.0777. The maximum absolute atomic E-state index is 12.8. The predicted molar refractivity (Wildman–Crippen MR) is 111 cm³/mol. The lowest BCUT2D eigenvalue weighted by Gasteiger charge is -2.28. The SMILES string of the molecule is CCC(=O)C1=C(O)C(=O)N(CCCOC(C)C)C1c1cc(OC)c(OC)c(OC)c1. The van der Waals surface area contributed by atoms with E-state index in [1.54, 1.807) is 19.1 Å². The summed E-state index contributed by atoms with van der Waals surface area (Å²) in [6, 6.07) is 2.63. The number of Topliss-reactive ketones (excluding diaryl/α,β-unsaturated/α-hetero) is 1. The Morgan fingerprint density at radius 2 is 1.73 bits per heavy atom. The van der Waals surface area contributed by atoms with E-state index in [0.29, 0.717) is 42.4 Å². The zero-order valence-corrected chi connectivity index (χ0v) is 18.5. The summed E-state index contributed by atoms with van der Waals surface area (Å²) < 4.78 is 21.8. The number of amides is 1. The van der Waals surface area contributed by atoms with Crippen molar-refractivity contribution in [2.75, 3.05) is 34.5 Å². The van der Waals surface area contributed by atoms with E-state index in [1.807, 2.05) is 13.8 Å². The first-order valence-corrected chi connectivity index (χ1v) is 9.99. The van der Waals surface area contributed by atoms with Gasteiger partial charge in [-0.15, -0.1) is 0 Å². The average molecular weight is 421 g/mol. The fourth-order valence-electron chi connectivity index (χ4n) is 3.52. The van der Waals surface area contributed by atoms with Crippen LogP contribution in [-0.4, -0.2) is 62.3 Å². The van der Waals surface area contributed by atoms with Crippen molar-refractivity contribution in [2.45, 2.75) is 45.8 Å². The topological polar surface area (TPSA) is 94.5 Å². The average Bonchev–Trinajstić information content (AvgIpc) is 2.99. The summed E-state index contributed by atoms with van der Waals surface area (Å²) in [6.45, 7) is 6.34. The van der Waals surface area contributed by atoms with Gasteiger partial charge in [-0.25, -0.2) is 0 Å². The van der Waals surface area contributed by atoms with E-state index in [4.69, 9.17) is 18.9 Å². The van der Waals surface area contributed by atoms with Gasteiger partial charge in [-0.05, 0) is 38.0 Å². The molecule has 0 aromatic heterocycles. The molecule has 1 atom stereocenters. The van der Waals surface area contributed by atoms with Crippen molar-refractivity contribution < 1.29 is 33.6 Å². The summed E-state index contributed by atoms with van der Waals surface area (Å²) in [5.74, 6) is -0.170. The molecule has 1 aromatic rings. The van der Waals surface area contributed by atoms with Crippen molar-refractivity contribution in [3.8, 4) is 17.2 Å². The fourth-order valence-corrected chi connectivity index (χ4v) is 3.52. The number of aliphatic hydroxyl groups is 1. The summed E-state index contributed by atoms with van der Waals surface area (Å²) in [4.78, 5) is 26.9. The number of nitrogens with zero attached hydrogens (tertiary/aromatic N) is 1. The number of ketones is 1. The Hall–Kier alpha value is -2.74. The third-order valence-electron chi connectivity index (χ3n) is 4.92. The number of methoxy groups -OCH3 is 3. The lowest BCUT2D eigenvalue weighted by atomic mass is 9.94. The van der Waals surface area contributed by atoms with Crippen molar-refractivity contribution >= 4 is 11.7 Å². The Labute approximate surface area is 177 Å². The van der Waals surface area contributed by atoms with Crippen LogP contribution in [0.3, 0.4) is 0 Å². The van der Waals surface area contributed by atoms with Crippen molar-refractivity contribution in [3.63, 3.8) is 0 Å². The van der Waals surface area contributed by atoms with Crippen molar-refractivity contribution in [3.05, 3.63) is 29.0 Å². The maximum atomic E-state index is 12.8. The molecular weight excluding hydrogens is 390 g/mol. The number of hydrogen-bond acceptors (Lipinski definition) is 7. The smallest absolute Gasteiger partial charge is 0.290 e. The molecule has 0 fully saturated rings. The molecule has 1 heterocycles. The standard InChI is InChI=1S/C22H31NO7/c1-7-15(24)18-19(14-11-16(27-4)21(29-6)17(12-14)28-5)23(22(26)20(18)25)9-8-10-30-13(2)3/h11-13,19,25H,7-10H2,1-6H3. The molecule has 166 valence electrons. The molecule has 0 bridgehead atoms. The van der Waals surface area contributed by atoms with Crippen LogP contribution >= 0.6 is 0 Å². The highest BCUT2D eigenvalue weighted by Crippen LogP contribution is 2.45. The third kappa shape index (κ3) is 4.70. The number of ether oxygens (including phenoxy) is 4. The summed E-state index contributed by atoms with van der Waals surface area (Å²) >= 11 is 0. The van der Waals surface area contributed by atoms with Crippen LogP contribution < -0.4 is 14.2 Å². The predicted octanol–water partition coefficient (Wildman–Crippen LogP) is 3.20. The molecule has 1 unspecified atom stereocenters. The van der Waals surface area contributed by atoms with Crippen LogP contribution in [0.4, 0.5) is 0 Å². The summed E-state index contributed by atoms with van der Waals surface area (Å²) in [7, 11) is 4.48. The zero-order chi connectivity index (χ0) is 22.4. The van der Waals surface area contributed by atoms with Gasteiger partial charge in [-0.2, -0.15) is 0 Å². The van der Waals surface area contributed by atoms with Crippen LogP contribution in [0, 0.1) is 0 Å². The molecule has 1 aliphatic rings. The Kier molecular flexibility index (Phi) is 8.11. The molecule has 0 aliphatic carbocycles. The largest absolute Gasteiger partial charge is 0.503 e. The number of hydrogen-bond donors (Lipinski definition) is 1. The number of rotatable bonds is 11. The molecule has 1 amide bonds. The van der Waals surface area contributed by atoms with Gasteiger partial charge in [0.1, 0.15) is 0 Å². The molecule has 0 radical (unpaired) electrons. The number of aliphatic hydroxyl groups excluding tert-OH is 1. The highest BCUT2D eigenvalue weighted by atomic mass is 16.5. The normalized spacial score (nSPS) is 16.4. The molecule has 1 aliphatic heterocycles. The Morgan fingerprint density at radius 3 is 2.20 bits per heavy atom. The van der Waals surface area contributed by atoms with E-state index >= 15 is 0 Å². The van der Waals surface area contributed by atoms with E-state index in [-0.39, 0.29) is 23.9 Å². The molecule has 1 aromatic carbocycles. The van der Waals surface area contributed by atoms with Crippen LogP contribution in [0.15, 0.2) is 23.5 Å². The molecule has 1 N–H and O–H groups in total. The number of benzene rings is 1. The number of carbonyl (C=O) groups is 2. The Bertz CT molecular complexity index is 791. The van der Waals surface area contributed by atoms with Gasteiger partial charge in [0, 0.05) is 19.6 Å². The minimum atomic E-state index is -0.752. The quantitative estimate of drug-likeness (QED) is 0.548. The van der Waals surface area contributed by atoms with Crippen LogP contribution in [0.2, 0.25) is 0 Å². The first kappa shape index (κ1) is 23.5. The maximum Gasteiger partial charge on any atom is 0.290 e. The van der Waals surface area contributed by atoms with E-state index in [1.165, 1.54) is 26.2 Å². The van der Waals surface area contributed by atoms with Gasteiger partial charge in [0.15, 0.2) is 23.0 Å². The van der Waals surface area contributed by atoms with Gasteiger partial charge in [-0.1, -0.05) is 6.92 Å². The van der Waals surface area contributed by atoms with E-state index < -0.39 is 17.7 Å². The van der Waals surface area contributed by atoms with Crippen molar-refractivity contribution in [1.29, 1.82) is 0 Å². The second-order valence-electron chi connectivity index (χ2n) is 7.17. The summed E-state index contributed by atoms with van der Waals surface area (Å²) in [5, 5.41) is 10.5. The molecule has 30 heavy (non-hydrogen) atoms. The molecule has 0 saturated heterocycles. The Morgan fingerprint density at radius 1 is 1.13 bits per heavy atom.